The fourth-order valence-electron chi connectivity index (χ4n) is 3.84. The van der Waals surface area contributed by atoms with Crippen LogP contribution in [0.2, 0.25) is 5.02 Å². The van der Waals surface area contributed by atoms with Crippen molar-refractivity contribution in [2.24, 2.45) is 7.05 Å². The molecule has 2 aromatic heterocycles. The number of aromatic nitrogens is 3. The summed E-state index contributed by atoms with van der Waals surface area (Å²) < 4.78 is 7.95. The van der Waals surface area contributed by atoms with E-state index in [0.29, 0.717) is 22.8 Å². The van der Waals surface area contributed by atoms with Gasteiger partial charge in [0.2, 0.25) is 5.95 Å². The van der Waals surface area contributed by atoms with E-state index in [4.69, 9.17) is 21.3 Å². The Balaban J connectivity index is 1.62. The van der Waals surface area contributed by atoms with Crippen LogP contribution in [-0.4, -0.2) is 69.0 Å². The average molecular weight is 597 g/mol. The molecule has 34 heavy (non-hydrogen) atoms. The minimum atomic E-state index is -0.296. The molecule has 1 aliphatic rings. The van der Waals surface area contributed by atoms with Crippen LogP contribution in [-0.2, 0) is 11.8 Å². The van der Waals surface area contributed by atoms with Crippen LogP contribution in [0.5, 0.6) is 5.75 Å². The van der Waals surface area contributed by atoms with Crippen LogP contribution < -0.4 is 20.5 Å². The van der Waals surface area contributed by atoms with E-state index in [-0.39, 0.29) is 23.7 Å². The summed E-state index contributed by atoms with van der Waals surface area (Å²) in [5, 5.41) is 4.47. The number of aryl methyl sites for hydroxylation is 1. The van der Waals surface area contributed by atoms with Gasteiger partial charge in [-0.05, 0) is 38.2 Å². The molecule has 0 spiro atoms. The molecule has 0 saturated carbocycles. The average Bonchev–Trinajstić information content (AvgIpc) is 2.82. The molecule has 3 aromatic rings. The predicted octanol–water partition coefficient (Wildman–Crippen LogP) is 3.25. The Morgan fingerprint density at radius 3 is 2.82 bits per heavy atom. The van der Waals surface area contributed by atoms with E-state index < -0.39 is 0 Å². The van der Waals surface area contributed by atoms with Crippen LogP contribution in [0.15, 0.2) is 35.3 Å². The second-order valence-electron chi connectivity index (χ2n) is 8.36. The third-order valence-corrected chi connectivity index (χ3v) is 7.15. The van der Waals surface area contributed by atoms with Crippen molar-refractivity contribution in [1.82, 2.24) is 19.4 Å². The standard InChI is InChI=1S/C23H26ClIN6O3/c1-14(32)13-34-20-9-15-8-16(4-5-19(15)30(3)22(20)33)27-21-18(24)11-26-23(28-21)31-7-6-29(2)17(10-25)12-31/h4-5,8-9,11,17H,6-7,10,12-13H2,1-3H3,(H,26,27,28). The minimum absolute atomic E-state index is 0.129. The topological polar surface area (TPSA) is 92.6 Å². The number of hydrogen-bond donors (Lipinski definition) is 1. The molecule has 1 atom stereocenters. The number of piperazine rings is 1. The van der Waals surface area contributed by atoms with Crippen molar-refractivity contribution in [1.29, 1.82) is 0 Å². The van der Waals surface area contributed by atoms with E-state index >= 15 is 0 Å². The SMILES string of the molecule is CC(=O)COc1cc2cc(Nc3nc(N4CCN(C)C(CI)C4)ncc3Cl)ccc2n(C)c1=O. The van der Waals surface area contributed by atoms with Crippen LogP contribution in [0.4, 0.5) is 17.5 Å². The van der Waals surface area contributed by atoms with Crippen LogP contribution in [0.1, 0.15) is 6.92 Å². The van der Waals surface area contributed by atoms with Gasteiger partial charge >= 0.3 is 0 Å². The normalized spacial score (nSPS) is 16.6. The molecule has 3 heterocycles. The van der Waals surface area contributed by atoms with Crippen LogP contribution in [0, 0.1) is 0 Å². The molecule has 0 radical (unpaired) electrons. The number of anilines is 3. The molecule has 1 aromatic carbocycles. The molecule has 1 aliphatic heterocycles. The van der Waals surface area contributed by atoms with Crippen molar-refractivity contribution in [3.63, 3.8) is 0 Å². The number of likely N-dealkylation sites (N-methyl/N-ethyl adjacent to an activating group) is 1. The molecule has 1 fully saturated rings. The van der Waals surface area contributed by atoms with Gasteiger partial charge in [0, 0.05) is 48.2 Å². The highest BCUT2D eigenvalue weighted by molar-refractivity contribution is 14.1. The largest absolute Gasteiger partial charge is 0.480 e. The molecule has 0 bridgehead atoms. The number of carbonyl (C=O) groups excluding carboxylic acids is 1. The van der Waals surface area contributed by atoms with Crippen molar-refractivity contribution in [3.05, 3.63) is 45.8 Å². The number of pyridine rings is 1. The molecule has 9 nitrogen and oxygen atoms in total. The summed E-state index contributed by atoms with van der Waals surface area (Å²) in [6, 6.07) is 7.67. The van der Waals surface area contributed by atoms with Gasteiger partial charge in [-0.3, -0.25) is 14.5 Å². The summed E-state index contributed by atoms with van der Waals surface area (Å²) in [6.07, 6.45) is 1.61. The summed E-state index contributed by atoms with van der Waals surface area (Å²) in [4.78, 5) is 37.5. The minimum Gasteiger partial charge on any atom is -0.480 e. The first-order valence-electron chi connectivity index (χ1n) is 10.8. The van der Waals surface area contributed by atoms with E-state index in [9.17, 15) is 9.59 Å². The number of rotatable bonds is 7. The molecule has 0 amide bonds. The first-order chi connectivity index (χ1) is 16.3. The summed E-state index contributed by atoms with van der Waals surface area (Å²) >= 11 is 8.82. The number of alkyl halides is 1. The monoisotopic (exact) mass is 596 g/mol. The number of carbonyl (C=O) groups is 1. The lowest BCUT2D eigenvalue weighted by molar-refractivity contribution is -0.118. The summed E-state index contributed by atoms with van der Waals surface area (Å²) in [7, 11) is 3.81. The van der Waals surface area contributed by atoms with Crippen LogP contribution in [0.25, 0.3) is 10.9 Å². The second-order valence-corrected chi connectivity index (χ2v) is 9.65. The van der Waals surface area contributed by atoms with Gasteiger partial charge in [-0.25, -0.2) is 4.98 Å². The zero-order valence-electron chi connectivity index (χ0n) is 19.2. The summed E-state index contributed by atoms with van der Waals surface area (Å²) in [6.45, 7) is 3.91. The van der Waals surface area contributed by atoms with Crippen molar-refractivity contribution in [3.8, 4) is 5.75 Å². The van der Waals surface area contributed by atoms with Crippen molar-refractivity contribution in [2.45, 2.75) is 13.0 Å². The molecule has 1 unspecified atom stereocenters. The number of ether oxygens (including phenoxy) is 1. The second kappa shape index (κ2) is 10.4. The molecular formula is C23H26ClIN6O3. The van der Waals surface area contributed by atoms with E-state index in [0.717, 1.165) is 40.7 Å². The highest BCUT2D eigenvalue weighted by atomic mass is 127. The van der Waals surface area contributed by atoms with Gasteiger partial charge in [-0.1, -0.05) is 34.2 Å². The highest BCUT2D eigenvalue weighted by Gasteiger charge is 2.25. The Bertz CT molecular complexity index is 1280. The Hall–Kier alpha value is -2.44. The maximum Gasteiger partial charge on any atom is 0.293 e. The van der Waals surface area contributed by atoms with E-state index in [1.165, 1.54) is 11.5 Å². The van der Waals surface area contributed by atoms with Gasteiger partial charge in [0.25, 0.3) is 5.56 Å². The summed E-state index contributed by atoms with van der Waals surface area (Å²) in [5.41, 5.74) is 1.19. The number of halogens is 2. The number of ketones is 1. The van der Waals surface area contributed by atoms with Gasteiger partial charge in [-0.2, -0.15) is 4.98 Å². The number of fused-ring (bicyclic) bond motifs is 1. The lowest BCUT2D eigenvalue weighted by Gasteiger charge is -2.38. The Labute approximate surface area is 216 Å². The first-order valence-corrected chi connectivity index (χ1v) is 12.7. The zero-order valence-corrected chi connectivity index (χ0v) is 22.1. The Morgan fingerprint density at radius 1 is 1.29 bits per heavy atom. The van der Waals surface area contributed by atoms with Gasteiger partial charge in [0.05, 0.1) is 11.7 Å². The Kier molecular flexibility index (Phi) is 7.58. The lowest BCUT2D eigenvalue weighted by Crippen LogP contribution is -2.52. The van der Waals surface area contributed by atoms with Crippen molar-refractivity contribution in [2.75, 3.05) is 47.9 Å². The molecule has 180 valence electrons. The molecule has 1 N–H and O–H groups in total. The van der Waals surface area contributed by atoms with Crippen molar-refractivity contribution >= 4 is 68.3 Å². The molecule has 4 rings (SSSR count). The number of hydrogen-bond acceptors (Lipinski definition) is 8. The predicted molar refractivity (Wildman–Crippen MR) is 143 cm³/mol. The third kappa shape index (κ3) is 5.28. The molecular weight excluding hydrogens is 571 g/mol. The van der Waals surface area contributed by atoms with Crippen LogP contribution >= 0.6 is 34.2 Å². The summed E-state index contributed by atoms with van der Waals surface area (Å²) in [5.74, 6) is 1.12. The lowest BCUT2D eigenvalue weighted by atomic mass is 10.2. The van der Waals surface area contributed by atoms with E-state index in [2.05, 4.69) is 49.7 Å². The highest BCUT2D eigenvalue weighted by Crippen LogP contribution is 2.28. The van der Waals surface area contributed by atoms with Gasteiger partial charge in [-0.15, -0.1) is 0 Å². The maximum atomic E-state index is 12.5. The molecule has 0 aliphatic carbocycles. The van der Waals surface area contributed by atoms with Gasteiger partial charge in [0.15, 0.2) is 17.4 Å². The van der Waals surface area contributed by atoms with E-state index in [1.54, 1.807) is 19.3 Å². The first kappa shape index (κ1) is 24.7. The quantitative estimate of drug-likeness (QED) is 0.328. The molecule has 11 heteroatoms. The van der Waals surface area contributed by atoms with Gasteiger partial charge in [0.1, 0.15) is 11.6 Å². The van der Waals surface area contributed by atoms with E-state index in [1.807, 2.05) is 18.2 Å². The maximum absolute atomic E-state index is 12.5. The number of nitrogens with one attached hydrogen (secondary N) is 1. The third-order valence-electron chi connectivity index (χ3n) is 5.85. The fraction of sp³-hybridized carbons (Fsp3) is 0.391. The number of benzene rings is 1. The fourth-order valence-corrected chi connectivity index (χ4v) is 4.93. The Morgan fingerprint density at radius 2 is 2.09 bits per heavy atom. The van der Waals surface area contributed by atoms with Crippen LogP contribution in [0.3, 0.4) is 0 Å². The number of Topliss-reactive ketones (excluding diaryl/α,β-unsaturated/α-hetero) is 1. The van der Waals surface area contributed by atoms with Crippen molar-refractivity contribution < 1.29 is 9.53 Å². The zero-order chi connectivity index (χ0) is 24.4. The number of nitrogens with zero attached hydrogens (tertiary/aromatic N) is 5. The van der Waals surface area contributed by atoms with Gasteiger partial charge < -0.3 is 19.5 Å². The smallest absolute Gasteiger partial charge is 0.293 e. The molecule has 1 saturated heterocycles.